The van der Waals surface area contributed by atoms with Crippen molar-refractivity contribution in [1.82, 2.24) is 5.43 Å². The molecular weight excluding hydrogens is 598 g/mol. The molecule has 44 heavy (non-hydrogen) atoms. The zero-order chi connectivity index (χ0) is 31.1. The molecule has 5 aromatic rings. The number of amides is 1. The summed E-state index contributed by atoms with van der Waals surface area (Å²) in [5, 5.41) is 6.54. The first kappa shape index (κ1) is 30.6. The zero-order valence-corrected chi connectivity index (χ0v) is 25.7. The van der Waals surface area contributed by atoms with Crippen molar-refractivity contribution in [3.8, 4) is 11.5 Å². The fourth-order valence-electron chi connectivity index (χ4n) is 4.54. The number of halogens is 1. The van der Waals surface area contributed by atoms with Gasteiger partial charge in [0, 0.05) is 0 Å². The predicted molar refractivity (Wildman–Crippen MR) is 174 cm³/mol. The van der Waals surface area contributed by atoms with Crippen molar-refractivity contribution < 1.29 is 22.7 Å². The third-order valence-corrected chi connectivity index (χ3v) is 8.96. The van der Waals surface area contributed by atoms with E-state index in [-0.39, 0.29) is 15.6 Å². The Morgan fingerprint density at radius 3 is 2.39 bits per heavy atom. The van der Waals surface area contributed by atoms with E-state index in [1.54, 1.807) is 18.2 Å². The maximum absolute atomic E-state index is 13.6. The lowest BCUT2D eigenvalue weighted by molar-refractivity contribution is -0.119. The summed E-state index contributed by atoms with van der Waals surface area (Å²) in [6.45, 7) is 1.75. The van der Waals surface area contributed by atoms with E-state index in [2.05, 4.69) is 28.7 Å². The zero-order valence-electron chi connectivity index (χ0n) is 24.1. The third-order valence-electron chi connectivity index (χ3n) is 6.88. The molecule has 0 saturated heterocycles. The van der Waals surface area contributed by atoms with Crippen LogP contribution in [0.25, 0.3) is 10.8 Å². The lowest BCUT2D eigenvalue weighted by atomic mass is 10.1. The molecule has 0 spiro atoms. The van der Waals surface area contributed by atoms with E-state index in [0.29, 0.717) is 23.7 Å². The van der Waals surface area contributed by atoms with Crippen LogP contribution < -0.4 is 19.2 Å². The van der Waals surface area contributed by atoms with Gasteiger partial charge in [0.1, 0.15) is 24.7 Å². The number of hydrogen-bond donors (Lipinski definition) is 1. The average molecular weight is 628 g/mol. The molecule has 0 atom stereocenters. The van der Waals surface area contributed by atoms with Crippen LogP contribution in [0.3, 0.4) is 0 Å². The lowest BCUT2D eigenvalue weighted by Crippen LogP contribution is -2.39. The highest BCUT2D eigenvalue weighted by atomic mass is 35.5. The normalized spacial score (nSPS) is 11.4. The summed E-state index contributed by atoms with van der Waals surface area (Å²) < 4.78 is 39.4. The van der Waals surface area contributed by atoms with E-state index in [1.807, 2.05) is 55.5 Å². The third kappa shape index (κ3) is 7.19. The summed E-state index contributed by atoms with van der Waals surface area (Å²) in [6, 6.07) is 32.4. The fourth-order valence-corrected chi connectivity index (χ4v) is 6.20. The van der Waals surface area contributed by atoms with Gasteiger partial charge in [-0.25, -0.2) is 13.8 Å². The number of hydrogen-bond acceptors (Lipinski definition) is 6. The maximum Gasteiger partial charge on any atom is 0.264 e. The second-order valence-corrected chi connectivity index (χ2v) is 12.2. The molecule has 1 N–H and O–H groups in total. The van der Waals surface area contributed by atoms with Crippen molar-refractivity contribution in [3.05, 3.63) is 131 Å². The van der Waals surface area contributed by atoms with Gasteiger partial charge in [0.05, 0.1) is 28.9 Å². The molecule has 5 aromatic carbocycles. The minimum absolute atomic E-state index is 0.0362. The second-order valence-electron chi connectivity index (χ2n) is 9.93. The van der Waals surface area contributed by atoms with Crippen LogP contribution in [-0.4, -0.2) is 34.2 Å². The summed E-state index contributed by atoms with van der Waals surface area (Å²) in [4.78, 5) is 13.0. The molecule has 8 nitrogen and oxygen atoms in total. The first-order valence-corrected chi connectivity index (χ1v) is 15.5. The number of aryl methyl sites for hydroxylation is 1. The van der Waals surface area contributed by atoms with Crippen molar-refractivity contribution >= 4 is 50.2 Å². The van der Waals surface area contributed by atoms with Crippen LogP contribution in [-0.2, 0) is 21.4 Å². The Kier molecular flexibility index (Phi) is 9.47. The van der Waals surface area contributed by atoms with Crippen LogP contribution in [0, 0.1) is 6.92 Å². The smallest absolute Gasteiger partial charge is 0.264 e. The number of ether oxygens (including phenoxy) is 2. The largest absolute Gasteiger partial charge is 0.495 e. The lowest BCUT2D eigenvalue weighted by Gasteiger charge is -2.24. The quantitative estimate of drug-likeness (QED) is 0.129. The van der Waals surface area contributed by atoms with E-state index in [4.69, 9.17) is 21.1 Å². The van der Waals surface area contributed by atoms with E-state index in [0.717, 1.165) is 26.2 Å². The number of nitrogens with one attached hydrogen (secondary N) is 1. The number of fused-ring (bicyclic) bond motifs is 1. The minimum atomic E-state index is -4.11. The number of benzene rings is 5. The Hall–Kier alpha value is -4.86. The first-order chi connectivity index (χ1) is 21.2. The van der Waals surface area contributed by atoms with Gasteiger partial charge in [-0.15, -0.1) is 0 Å². The number of sulfonamides is 1. The van der Waals surface area contributed by atoms with Crippen molar-refractivity contribution in [2.24, 2.45) is 5.10 Å². The number of rotatable bonds is 11. The highest BCUT2D eigenvalue weighted by Gasteiger charge is 2.28. The topological polar surface area (TPSA) is 97.3 Å². The number of carbonyl (C=O) groups excluding carboxylic acids is 1. The molecule has 0 aliphatic carbocycles. The average Bonchev–Trinajstić information content (AvgIpc) is 3.03. The highest BCUT2D eigenvalue weighted by Crippen LogP contribution is 2.32. The van der Waals surface area contributed by atoms with E-state index in [1.165, 1.54) is 37.6 Å². The molecule has 0 aromatic heterocycles. The predicted octanol–water partition coefficient (Wildman–Crippen LogP) is 6.73. The maximum atomic E-state index is 13.6. The van der Waals surface area contributed by atoms with Crippen LogP contribution in [0.15, 0.2) is 119 Å². The van der Waals surface area contributed by atoms with Gasteiger partial charge in [0.25, 0.3) is 15.9 Å². The number of carbonyl (C=O) groups is 1. The van der Waals surface area contributed by atoms with Gasteiger partial charge < -0.3 is 9.47 Å². The van der Waals surface area contributed by atoms with Gasteiger partial charge in [-0.05, 0) is 83.4 Å². The number of nitrogens with zero attached hydrogens (tertiary/aromatic N) is 2. The van der Waals surface area contributed by atoms with E-state index in [9.17, 15) is 13.2 Å². The standard InChI is InChI=1S/C34H30ClN3O5S/c1-24-10-17-30(18-11-24)44(40,41)38(28-14-19-33(42-2)32(35)20-28)22-34(39)37-36-21-25-12-15-29(16-13-25)43-23-27-8-5-7-26-6-3-4-9-31(26)27/h3-21H,22-23H2,1-2H3,(H,37,39)/b36-21-. The molecule has 0 radical (unpaired) electrons. The highest BCUT2D eigenvalue weighted by molar-refractivity contribution is 7.92. The fraction of sp³-hybridized carbons (Fsp3) is 0.118. The molecule has 0 fully saturated rings. The summed E-state index contributed by atoms with van der Waals surface area (Å²) in [6.07, 6.45) is 1.47. The van der Waals surface area contributed by atoms with Gasteiger partial charge in [0.2, 0.25) is 0 Å². The van der Waals surface area contributed by atoms with Crippen molar-refractivity contribution in [2.75, 3.05) is 18.0 Å². The molecule has 1 amide bonds. The minimum Gasteiger partial charge on any atom is -0.495 e. The van der Waals surface area contributed by atoms with Gasteiger partial charge >= 0.3 is 0 Å². The van der Waals surface area contributed by atoms with Crippen LogP contribution in [0.1, 0.15) is 16.7 Å². The van der Waals surface area contributed by atoms with E-state index >= 15 is 0 Å². The van der Waals surface area contributed by atoms with Gasteiger partial charge in [-0.2, -0.15) is 5.10 Å². The first-order valence-electron chi connectivity index (χ1n) is 13.7. The molecule has 0 bridgehead atoms. The summed E-state index contributed by atoms with van der Waals surface area (Å²) in [5.41, 5.74) is 5.33. The van der Waals surface area contributed by atoms with E-state index < -0.39 is 22.5 Å². The van der Waals surface area contributed by atoms with Gasteiger partial charge in [-0.3, -0.25) is 9.10 Å². The second kappa shape index (κ2) is 13.6. The SMILES string of the molecule is COc1ccc(N(CC(=O)N/N=C\c2ccc(OCc3cccc4ccccc34)cc2)S(=O)(=O)c2ccc(C)cc2)cc1Cl. The van der Waals surface area contributed by atoms with Gasteiger partial charge in [0.15, 0.2) is 0 Å². The molecule has 0 unspecified atom stereocenters. The van der Waals surface area contributed by atoms with Crippen LogP contribution in [0.5, 0.6) is 11.5 Å². The molecular formula is C34H30ClN3O5S. The molecule has 0 heterocycles. The van der Waals surface area contributed by atoms with Crippen LogP contribution in [0.4, 0.5) is 5.69 Å². The van der Waals surface area contributed by atoms with Crippen molar-refractivity contribution in [3.63, 3.8) is 0 Å². The summed E-state index contributed by atoms with van der Waals surface area (Å²) in [5.74, 6) is 0.426. The Balaban J connectivity index is 1.25. The Bertz CT molecular complexity index is 1910. The monoisotopic (exact) mass is 627 g/mol. The number of methoxy groups -OCH3 is 1. The molecule has 0 aliphatic rings. The van der Waals surface area contributed by atoms with Crippen molar-refractivity contribution in [2.45, 2.75) is 18.4 Å². The molecule has 0 aliphatic heterocycles. The molecule has 224 valence electrons. The molecule has 10 heteroatoms. The van der Waals surface area contributed by atoms with Gasteiger partial charge in [-0.1, -0.05) is 71.8 Å². The number of hydrazone groups is 1. The van der Waals surface area contributed by atoms with Crippen LogP contribution in [0.2, 0.25) is 5.02 Å². The molecule has 0 saturated carbocycles. The Morgan fingerprint density at radius 1 is 0.932 bits per heavy atom. The number of anilines is 1. The molecule has 5 rings (SSSR count). The van der Waals surface area contributed by atoms with Crippen molar-refractivity contribution in [1.29, 1.82) is 0 Å². The summed E-state index contributed by atoms with van der Waals surface area (Å²) in [7, 11) is -2.66. The summed E-state index contributed by atoms with van der Waals surface area (Å²) >= 11 is 6.28. The Labute approximate surface area is 261 Å². The Morgan fingerprint density at radius 2 is 1.66 bits per heavy atom. The van der Waals surface area contributed by atoms with Crippen LogP contribution >= 0.6 is 11.6 Å².